The molecule has 0 aliphatic carbocycles. The zero-order valence-corrected chi connectivity index (χ0v) is 19.5. The molecule has 1 fully saturated rings. The number of hydrogen-bond acceptors (Lipinski definition) is 5. The molecule has 2 aromatic rings. The van der Waals surface area contributed by atoms with Gasteiger partial charge in [0, 0.05) is 24.1 Å². The minimum atomic E-state index is -3.88. The highest BCUT2D eigenvalue weighted by molar-refractivity contribution is 7.98. The largest absolute Gasteiger partial charge is 0.489 e. The maximum Gasteiger partial charge on any atom is 0.261 e. The first-order chi connectivity index (χ1) is 14.8. The Hall–Kier alpha value is -2.45. The number of nitrogens with zero attached hydrogens (tertiary/aromatic N) is 1. The van der Waals surface area contributed by atoms with E-state index < -0.39 is 10.0 Å². The lowest BCUT2D eigenvalue weighted by atomic mass is 9.98. The number of sulfonamides is 1. The van der Waals surface area contributed by atoms with Crippen LogP contribution < -0.4 is 9.46 Å². The van der Waals surface area contributed by atoms with E-state index in [4.69, 9.17) is 4.74 Å². The third kappa shape index (κ3) is 5.83. The first-order valence-corrected chi connectivity index (χ1v) is 12.9. The molecule has 31 heavy (non-hydrogen) atoms. The van der Waals surface area contributed by atoms with Crippen LogP contribution in [0.2, 0.25) is 0 Å². The van der Waals surface area contributed by atoms with Crippen LogP contribution >= 0.6 is 11.8 Å². The van der Waals surface area contributed by atoms with Crippen LogP contribution in [0, 0.1) is 5.92 Å². The van der Waals surface area contributed by atoms with Crippen molar-refractivity contribution in [1.29, 1.82) is 0 Å². The second kappa shape index (κ2) is 10.2. The number of anilines is 1. The molecule has 0 unspecified atom stereocenters. The van der Waals surface area contributed by atoms with Crippen molar-refractivity contribution in [2.24, 2.45) is 5.92 Å². The van der Waals surface area contributed by atoms with Crippen LogP contribution in [0.3, 0.4) is 0 Å². The number of rotatable bonds is 8. The number of benzene rings is 2. The van der Waals surface area contributed by atoms with E-state index in [0.717, 1.165) is 17.7 Å². The zero-order valence-electron chi connectivity index (χ0n) is 17.8. The zero-order chi connectivity index (χ0) is 22.4. The predicted octanol–water partition coefficient (Wildman–Crippen LogP) is 4.65. The maximum atomic E-state index is 13.1. The van der Waals surface area contributed by atoms with Crippen molar-refractivity contribution in [3.8, 4) is 5.75 Å². The van der Waals surface area contributed by atoms with Gasteiger partial charge in [0.1, 0.15) is 12.4 Å². The molecule has 0 atom stereocenters. The second-order valence-electron chi connectivity index (χ2n) is 7.57. The van der Waals surface area contributed by atoms with E-state index >= 15 is 0 Å². The van der Waals surface area contributed by atoms with Gasteiger partial charge in [-0.05, 0) is 55.3 Å². The summed E-state index contributed by atoms with van der Waals surface area (Å²) >= 11 is 1.43. The molecule has 1 aliphatic heterocycles. The van der Waals surface area contributed by atoms with E-state index in [1.807, 2.05) is 11.2 Å². The molecule has 3 rings (SSSR count). The summed E-state index contributed by atoms with van der Waals surface area (Å²) in [4.78, 5) is 15.8. The van der Waals surface area contributed by atoms with Crippen LogP contribution in [0.25, 0.3) is 0 Å². The molecule has 0 spiro atoms. The van der Waals surface area contributed by atoms with E-state index in [-0.39, 0.29) is 10.8 Å². The lowest BCUT2D eigenvalue weighted by molar-refractivity contribution is 0.0693. The lowest BCUT2D eigenvalue weighted by Crippen LogP contribution is -2.38. The summed E-state index contributed by atoms with van der Waals surface area (Å²) < 4.78 is 34.1. The Kier molecular flexibility index (Phi) is 7.67. The molecule has 1 saturated heterocycles. The molecule has 8 heteroatoms. The van der Waals surface area contributed by atoms with Crippen molar-refractivity contribution in [3.63, 3.8) is 0 Å². The van der Waals surface area contributed by atoms with Gasteiger partial charge >= 0.3 is 0 Å². The normalized spacial score (nSPS) is 14.8. The third-order valence-corrected chi connectivity index (χ3v) is 7.41. The van der Waals surface area contributed by atoms with Crippen LogP contribution in [-0.4, -0.2) is 45.2 Å². The molecule has 1 heterocycles. The number of piperidine rings is 1. The first kappa shape index (κ1) is 23.2. The molecule has 0 aromatic heterocycles. The molecule has 2 aromatic carbocycles. The minimum absolute atomic E-state index is 0.0523. The molecule has 0 bridgehead atoms. The summed E-state index contributed by atoms with van der Waals surface area (Å²) in [6.45, 7) is 7.50. The fourth-order valence-electron chi connectivity index (χ4n) is 3.42. The van der Waals surface area contributed by atoms with Crippen molar-refractivity contribution < 1.29 is 17.9 Å². The Balaban J connectivity index is 1.85. The second-order valence-corrected chi connectivity index (χ2v) is 10.1. The third-order valence-electron chi connectivity index (χ3n) is 5.24. The molecule has 1 N–H and O–H groups in total. The molecule has 0 saturated carbocycles. The van der Waals surface area contributed by atoms with Gasteiger partial charge in [-0.1, -0.05) is 25.6 Å². The number of likely N-dealkylation sites (tertiary alicyclic amines) is 1. The number of carbonyl (C=O) groups is 1. The lowest BCUT2D eigenvalue weighted by Gasteiger charge is -2.30. The van der Waals surface area contributed by atoms with Gasteiger partial charge in [-0.25, -0.2) is 8.42 Å². The minimum Gasteiger partial charge on any atom is -0.489 e. The summed E-state index contributed by atoms with van der Waals surface area (Å²) in [6.07, 6.45) is 5.42. The van der Waals surface area contributed by atoms with Crippen LogP contribution in [0.5, 0.6) is 5.75 Å². The number of hydrogen-bond donors (Lipinski definition) is 1. The van der Waals surface area contributed by atoms with E-state index in [2.05, 4.69) is 18.2 Å². The van der Waals surface area contributed by atoms with Crippen LogP contribution in [0.4, 0.5) is 5.69 Å². The Morgan fingerprint density at radius 2 is 2.00 bits per heavy atom. The first-order valence-electron chi connectivity index (χ1n) is 10.2. The Morgan fingerprint density at radius 1 is 1.26 bits per heavy atom. The number of nitrogens with one attached hydrogen (secondary N) is 1. The van der Waals surface area contributed by atoms with Crippen molar-refractivity contribution >= 4 is 33.4 Å². The van der Waals surface area contributed by atoms with Crippen molar-refractivity contribution in [3.05, 3.63) is 60.7 Å². The van der Waals surface area contributed by atoms with E-state index in [0.29, 0.717) is 42.6 Å². The molecule has 6 nitrogen and oxygen atoms in total. The Bertz CT molecular complexity index is 1050. The molecule has 1 aliphatic rings. The Morgan fingerprint density at radius 3 is 2.68 bits per heavy atom. The monoisotopic (exact) mass is 460 g/mol. The SMILES string of the molecule is C=CCOc1cccc(NS(=O)(=O)c2ccc(SC)c(C(=O)N3CCC(C)CC3)c2)c1. The van der Waals surface area contributed by atoms with Crippen molar-refractivity contribution in [2.75, 3.05) is 30.7 Å². The number of ether oxygens (including phenoxy) is 1. The average molecular weight is 461 g/mol. The van der Waals surface area contributed by atoms with Crippen LogP contribution in [0.1, 0.15) is 30.1 Å². The van der Waals surface area contributed by atoms with Gasteiger partial charge in [0.05, 0.1) is 16.1 Å². The summed E-state index contributed by atoms with van der Waals surface area (Å²) in [5.74, 6) is 1.02. The van der Waals surface area contributed by atoms with Gasteiger partial charge in [-0.15, -0.1) is 11.8 Å². The van der Waals surface area contributed by atoms with Gasteiger partial charge in [0.2, 0.25) is 0 Å². The maximum absolute atomic E-state index is 13.1. The molecule has 0 radical (unpaired) electrons. The smallest absolute Gasteiger partial charge is 0.261 e. The van der Waals surface area contributed by atoms with Crippen LogP contribution in [-0.2, 0) is 10.0 Å². The number of thioether (sulfide) groups is 1. The average Bonchev–Trinajstić information content (AvgIpc) is 2.77. The number of amides is 1. The van der Waals surface area contributed by atoms with E-state index in [1.165, 1.54) is 23.9 Å². The van der Waals surface area contributed by atoms with Gasteiger partial charge < -0.3 is 9.64 Å². The van der Waals surface area contributed by atoms with Gasteiger partial charge in [0.25, 0.3) is 15.9 Å². The quantitative estimate of drug-likeness (QED) is 0.459. The molecule has 166 valence electrons. The Labute approximate surface area is 188 Å². The van der Waals surface area contributed by atoms with Gasteiger partial charge in [0.15, 0.2) is 0 Å². The highest BCUT2D eigenvalue weighted by atomic mass is 32.2. The van der Waals surface area contributed by atoms with Crippen molar-refractivity contribution in [2.45, 2.75) is 29.6 Å². The van der Waals surface area contributed by atoms with E-state index in [9.17, 15) is 13.2 Å². The summed E-state index contributed by atoms with van der Waals surface area (Å²) in [7, 11) is -3.88. The highest BCUT2D eigenvalue weighted by Crippen LogP contribution is 2.28. The van der Waals surface area contributed by atoms with E-state index in [1.54, 1.807) is 36.4 Å². The number of carbonyl (C=O) groups excluding carboxylic acids is 1. The molecular formula is C23H28N2O4S2. The topological polar surface area (TPSA) is 75.7 Å². The van der Waals surface area contributed by atoms with Crippen molar-refractivity contribution in [1.82, 2.24) is 4.90 Å². The fraction of sp³-hybridized carbons (Fsp3) is 0.348. The predicted molar refractivity (Wildman–Crippen MR) is 125 cm³/mol. The van der Waals surface area contributed by atoms with Crippen LogP contribution in [0.15, 0.2) is 64.9 Å². The summed E-state index contributed by atoms with van der Waals surface area (Å²) in [6, 6.07) is 11.4. The molecule has 1 amide bonds. The van der Waals surface area contributed by atoms with Gasteiger partial charge in [-0.3, -0.25) is 9.52 Å². The fourth-order valence-corrected chi connectivity index (χ4v) is 5.07. The molecular weight excluding hydrogens is 432 g/mol. The highest BCUT2D eigenvalue weighted by Gasteiger charge is 2.25. The summed E-state index contributed by atoms with van der Waals surface area (Å²) in [5, 5.41) is 0. The summed E-state index contributed by atoms with van der Waals surface area (Å²) in [5.41, 5.74) is 0.807. The standard InChI is InChI=1S/C23H28N2O4S2/c1-4-14-29-19-7-5-6-18(15-19)24-31(27,28)20-8-9-22(30-3)21(16-20)23(26)25-12-10-17(2)11-13-25/h4-9,15-17,24H,1,10-14H2,2-3H3. The van der Waals surface area contributed by atoms with Gasteiger partial charge in [-0.2, -0.15) is 0 Å².